The number of carbonyl (C=O) groups is 2. The van der Waals surface area contributed by atoms with Crippen LogP contribution in [0.15, 0.2) is 48.7 Å². The van der Waals surface area contributed by atoms with E-state index in [0.29, 0.717) is 12.1 Å². The SMILES string of the molecule is CCC(Cc1ccccc1)N(CC)C(=O)c1ccc(C(=O)O)nc1. The molecule has 0 aliphatic heterocycles. The van der Waals surface area contributed by atoms with Gasteiger partial charge in [0.05, 0.1) is 5.56 Å². The third kappa shape index (κ3) is 4.19. The van der Waals surface area contributed by atoms with Gasteiger partial charge in [-0.1, -0.05) is 37.3 Å². The highest BCUT2D eigenvalue weighted by molar-refractivity contribution is 5.95. The van der Waals surface area contributed by atoms with Crippen LogP contribution in [0.3, 0.4) is 0 Å². The van der Waals surface area contributed by atoms with E-state index in [-0.39, 0.29) is 17.6 Å². The predicted molar refractivity (Wildman–Crippen MR) is 92.1 cm³/mol. The lowest BCUT2D eigenvalue weighted by Gasteiger charge is -2.30. The number of carbonyl (C=O) groups excluding carboxylic acids is 1. The van der Waals surface area contributed by atoms with Gasteiger partial charge in [-0.3, -0.25) is 4.79 Å². The Morgan fingerprint density at radius 1 is 1.12 bits per heavy atom. The molecule has 0 aliphatic rings. The van der Waals surface area contributed by atoms with Gasteiger partial charge in [0.25, 0.3) is 5.91 Å². The van der Waals surface area contributed by atoms with Crippen molar-refractivity contribution in [3.63, 3.8) is 0 Å². The summed E-state index contributed by atoms with van der Waals surface area (Å²) in [5.74, 6) is -1.22. The molecule has 24 heavy (non-hydrogen) atoms. The van der Waals surface area contributed by atoms with E-state index in [0.717, 1.165) is 12.8 Å². The van der Waals surface area contributed by atoms with E-state index in [1.165, 1.54) is 23.9 Å². The molecule has 0 saturated heterocycles. The minimum Gasteiger partial charge on any atom is -0.477 e. The van der Waals surface area contributed by atoms with Crippen LogP contribution in [0.2, 0.25) is 0 Å². The first kappa shape index (κ1) is 17.7. The van der Waals surface area contributed by atoms with Gasteiger partial charge in [0.1, 0.15) is 5.69 Å². The van der Waals surface area contributed by atoms with Crippen molar-refractivity contribution < 1.29 is 14.7 Å². The monoisotopic (exact) mass is 326 g/mol. The van der Waals surface area contributed by atoms with Crippen LogP contribution in [0.25, 0.3) is 0 Å². The van der Waals surface area contributed by atoms with Gasteiger partial charge in [-0.05, 0) is 37.5 Å². The Hall–Kier alpha value is -2.69. The standard InChI is InChI=1S/C19H22N2O3/c1-3-16(12-14-8-6-5-7-9-14)21(4-2)18(22)15-10-11-17(19(23)24)20-13-15/h5-11,13,16H,3-4,12H2,1-2H3,(H,23,24). The summed E-state index contributed by atoms with van der Waals surface area (Å²) in [7, 11) is 0. The highest BCUT2D eigenvalue weighted by Crippen LogP contribution is 2.15. The van der Waals surface area contributed by atoms with E-state index in [9.17, 15) is 9.59 Å². The van der Waals surface area contributed by atoms with Gasteiger partial charge < -0.3 is 10.0 Å². The van der Waals surface area contributed by atoms with Crippen LogP contribution >= 0.6 is 0 Å². The zero-order valence-corrected chi connectivity index (χ0v) is 14.0. The number of hydrogen-bond acceptors (Lipinski definition) is 3. The molecule has 2 rings (SSSR count). The number of carboxylic acids is 1. The van der Waals surface area contributed by atoms with E-state index in [4.69, 9.17) is 5.11 Å². The van der Waals surface area contributed by atoms with Crippen molar-refractivity contribution in [2.24, 2.45) is 0 Å². The first-order valence-corrected chi connectivity index (χ1v) is 8.11. The largest absolute Gasteiger partial charge is 0.477 e. The second-order valence-corrected chi connectivity index (χ2v) is 5.58. The number of amides is 1. The molecule has 2 aromatic rings. The minimum absolute atomic E-state index is 0.0640. The van der Waals surface area contributed by atoms with E-state index in [1.54, 1.807) is 0 Å². The fourth-order valence-electron chi connectivity index (χ4n) is 2.74. The number of carboxylic acid groups (broad SMARTS) is 1. The molecule has 1 unspecified atom stereocenters. The summed E-state index contributed by atoms with van der Waals surface area (Å²) in [6.45, 7) is 4.60. The number of aromatic nitrogens is 1. The third-order valence-electron chi connectivity index (χ3n) is 4.06. The fraction of sp³-hybridized carbons (Fsp3) is 0.316. The summed E-state index contributed by atoms with van der Waals surface area (Å²) in [6.07, 6.45) is 2.97. The quantitative estimate of drug-likeness (QED) is 0.848. The number of aromatic carboxylic acids is 1. The lowest BCUT2D eigenvalue weighted by atomic mass is 10.0. The number of likely N-dealkylation sites (N-methyl/N-ethyl adjacent to an activating group) is 1. The zero-order chi connectivity index (χ0) is 17.5. The highest BCUT2D eigenvalue weighted by Gasteiger charge is 2.23. The highest BCUT2D eigenvalue weighted by atomic mass is 16.4. The van der Waals surface area contributed by atoms with Crippen LogP contribution in [-0.2, 0) is 6.42 Å². The number of benzene rings is 1. The summed E-state index contributed by atoms with van der Waals surface area (Å²) in [6, 6.07) is 13.1. The maximum atomic E-state index is 12.8. The van der Waals surface area contributed by atoms with E-state index in [2.05, 4.69) is 24.0 Å². The number of nitrogens with zero attached hydrogens (tertiary/aromatic N) is 2. The summed E-state index contributed by atoms with van der Waals surface area (Å²) < 4.78 is 0. The molecule has 1 aromatic heterocycles. The van der Waals surface area contributed by atoms with Crippen LogP contribution in [0.1, 0.15) is 46.7 Å². The molecule has 1 amide bonds. The van der Waals surface area contributed by atoms with Crippen molar-refractivity contribution in [1.29, 1.82) is 0 Å². The predicted octanol–water partition coefficient (Wildman–Crippen LogP) is 3.26. The molecule has 0 fully saturated rings. The van der Waals surface area contributed by atoms with Gasteiger partial charge in [-0.15, -0.1) is 0 Å². The Morgan fingerprint density at radius 2 is 1.83 bits per heavy atom. The number of rotatable bonds is 7. The first-order valence-electron chi connectivity index (χ1n) is 8.11. The first-order chi connectivity index (χ1) is 11.6. The van der Waals surface area contributed by atoms with Crippen molar-refractivity contribution in [1.82, 2.24) is 9.88 Å². The molecule has 1 N–H and O–H groups in total. The van der Waals surface area contributed by atoms with E-state index >= 15 is 0 Å². The van der Waals surface area contributed by atoms with Gasteiger partial charge in [0, 0.05) is 18.8 Å². The minimum atomic E-state index is -1.10. The normalized spacial score (nSPS) is 11.8. The molecule has 0 aliphatic carbocycles. The molecule has 0 radical (unpaired) electrons. The van der Waals surface area contributed by atoms with Crippen molar-refractivity contribution in [2.75, 3.05) is 6.54 Å². The third-order valence-corrected chi connectivity index (χ3v) is 4.06. The van der Waals surface area contributed by atoms with Gasteiger partial charge >= 0.3 is 5.97 Å². The summed E-state index contributed by atoms with van der Waals surface area (Å²) in [4.78, 5) is 29.3. The maximum absolute atomic E-state index is 12.8. The molecule has 126 valence electrons. The van der Waals surface area contributed by atoms with Gasteiger partial charge in [-0.2, -0.15) is 0 Å². The van der Waals surface area contributed by atoms with Crippen LogP contribution in [0, 0.1) is 0 Å². The number of hydrogen-bond donors (Lipinski definition) is 1. The molecule has 0 saturated carbocycles. The molecule has 1 atom stereocenters. The van der Waals surface area contributed by atoms with Crippen molar-refractivity contribution in [3.8, 4) is 0 Å². The Kier molecular flexibility index (Phi) is 6.07. The van der Waals surface area contributed by atoms with Crippen LogP contribution in [0.5, 0.6) is 0 Å². The Bertz CT molecular complexity index is 684. The average Bonchev–Trinajstić information content (AvgIpc) is 2.62. The Labute approximate surface area is 142 Å². The summed E-state index contributed by atoms with van der Waals surface area (Å²) in [5.41, 5.74) is 1.54. The smallest absolute Gasteiger partial charge is 0.354 e. The van der Waals surface area contributed by atoms with Crippen molar-refractivity contribution >= 4 is 11.9 Å². The molecule has 5 heteroatoms. The second-order valence-electron chi connectivity index (χ2n) is 5.58. The Balaban J connectivity index is 2.18. The van der Waals surface area contributed by atoms with Gasteiger partial charge in [0.15, 0.2) is 0 Å². The number of pyridine rings is 1. The molecule has 5 nitrogen and oxygen atoms in total. The zero-order valence-electron chi connectivity index (χ0n) is 14.0. The average molecular weight is 326 g/mol. The molecule has 1 heterocycles. The van der Waals surface area contributed by atoms with E-state index < -0.39 is 5.97 Å². The topological polar surface area (TPSA) is 70.5 Å². The van der Waals surface area contributed by atoms with Crippen LogP contribution in [-0.4, -0.2) is 39.5 Å². The van der Waals surface area contributed by atoms with Crippen molar-refractivity contribution in [2.45, 2.75) is 32.7 Å². The second kappa shape index (κ2) is 8.24. The van der Waals surface area contributed by atoms with Gasteiger partial charge in [-0.25, -0.2) is 9.78 Å². The lowest BCUT2D eigenvalue weighted by Crippen LogP contribution is -2.41. The molecular formula is C19H22N2O3. The fourth-order valence-corrected chi connectivity index (χ4v) is 2.74. The molecule has 1 aromatic carbocycles. The summed E-state index contributed by atoms with van der Waals surface area (Å²) >= 11 is 0. The van der Waals surface area contributed by atoms with Crippen LogP contribution in [0.4, 0.5) is 0 Å². The maximum Gasteiger partial charge on any atom is 0.354 e. The molecular weight excluding hydrogens is 304 g/mol. The molecule has 0 bridgehead atoms. The lowest BCUT2D eigenvalue weighted by molar-refractivity contribution is 0.0671. The van der Waals surface area contributed by atoms with Crippen LogP contribution < -0.4 is 0 Å². The molecule has 0 spiro atoms. The Morgan fingerprint density at radius 3 is 2.33 bits per heavy atom. The summed E-state index contributed by atoms with van der Waals surface area (Å²) in [5, 5.41) is 8.90. The van der Waals surface area contributed by atoms with Gasteiger partial charge in [0.2, 0.25) is 0 Å². The van der Waals surface area contributed by atoms with E-state index in [1.807, 2.05) is 30.0 Å². The van der Waals surface area contributed by atoms with Crippen molar-refractivity contribution in [3.05, 3.63) is 65.5 Å².